The highest BCUT2D eigenvalue weighted by molar-refractivity contribution is 5.95. The second-order valence-corrected chi connectivity index (χ2v) is 14.7. The fraction of sp³-hybridized carbons (Fsp3) is 0.846. The van der Waals surface area contributed by atoms with E-state index >= 15 is 0 Å². The Bertz CT molecular complexity index is 1070. The van der Waals surface area contributed by atoms with Crippen LogP contribution in [0, 0.1) is 29.6 Å². The predicted molar refractivity (Wildman–Crippen MR) is 210 cm³/mol. The zero-order valence-electron chi connectivity index (χ0n) is 33.2. The molecule has 0 aromatic carbocycles. The van der Waals surface area contributed by atoms with Crippen LogP contribution >= 0.6 is 0 Å². The summed E-state index contributed by atoms with van der Waals surface area (Å²) in [4.78, 5) is 79.4. The van der Waals surface area contributed by atoms with Crippen LogP contribution in [-0.2, 0) is 28.8 Å². The van der Waals surface area contributed by atoms with Gasteiger partial charge in [-0.15, -0.1) is 0 Å². The number of rotatable bonds is 32. The van der Waals surface area contributed by atoms with Crippen molar-refractivity contribution in [3.05, 3.63) is 0 Å². The van der Waals surface area contributed by atoms with Crippen molar-refractivity contribution in [2.75, 3.05) is 65.4 Å². The normalized spacial score (nSPS) is 17.3. The molecule has 14 heteroatoms. The van der Waals surface area contributed by atoms with Gasteiger partial charge in [0, 0.05) is 103 Å². The van der Waals surface area contributed by atoms with Gasteiger partial charge in [0.15, 0.2) is 0 Å². The number of carbonyl (C=O) groups is 6. The molecule has 10 N–H and O–H groups in total. The lowest BCUT2D eigenvalue weighted by molar-refractivity contribution is -0.136. The molecule has 0 bridgehead atoms. The van der Waals surface area contributed by atoms with Crippen molar-refractivity contribution in [3.8, 4) is 0 Å². The van der Waals surface area contributed by atoms with E-state index in [4.69, 9.17) is 11.5 Å². The molecule has 1 aliphatic carbocycles. The van der Waals surface area contributed by atoms with Crippen molar-refractivity contribution in [1.29, 1.82) is 0 Å². The van der Waals surface area contributed by atoms with Crippen LogP contribution in [0.25, 0.3) is 0 Å². The predicted octanol–water partition coefficient (Wildman–Crippen LogP) is 1.69. The smallest absolute Gasteiger partial charge is 0.224 e. The Kier molecular flexibility index (Phi) is 27.6. The highest BCUT2D eigenvalue weighted by Crippen LogP contribution is 2.31. The third kappa shape index (κ3) is 22.8. The summed E-state index contributed by atoms with van der Waals surface area (Å²) in [6, 6.07) is 0. The van der Waals surface area contributed by atoms with Crippen molar-refractivity contribution in [1.82, 2.24) is 31.9 Å². The number of hydrogen-bond acceptors (Lipinski definition) is 10. The van der Waals surface area contributed by atoms with Crippen LogP contribution in [0.15, 0.2) is 0 Å². The topological polar surface area (TPSA) is 227 Å². The Labute approximate surface area is 319 Å². The first-order valence-corrected chi connectivity index (χ1v) is 20.5. The summed E-state index contributed by atoms with van der Waals surface area (Å²) in [5, 5.41) is 17.6. The summed E-state index contributed by atoms with van der Waals surface area (Å²) in [6.07, 6.45) is 9.58. The Morgan fingerprint density at radius 2 is 1.06 bits per heavy atom. The van der Waals surface area contributed by atoms with Gasteiger partial charge in [-0.3, -0.25) is 28.8 Å². The van der Waals surface area contributed by atoms with Crippen molar-refractivity contribution in [2.24, 2.45) is 41.1 Å². The molecule has 0 saturated heterocycles. The van der Waals surface area contributed by atoms with E-state index in [1.807, 2.05) is 13.8 Å². The summed E-state index contributed by atoms with van der Waals surface area (Å²) in [5.41, 5.74) is 11.0. The fourth-order valence-corrected chi connectivity index (χ4v) is 6.81. The SMILES string of the molecule is CCCCNC(=O)C(CC(=O)CC(CC(=O)C(CC)CC(=O)NCC1CCC(CCCC)CC1)C(=O)NCCNCCN)CC(=O)NCCNCCN. The van der Waals surface area contributed by atoms with Gasteiger partial charge in [0.25, 0.3) is 0 Å². The van der Waals surface area contributed by atoms with E-state index in [0.29, 0.717) is 71.2 Å². The van der Waals surface area contributed by atoms with Crippen LogP contribution in [-0.4, -0.2) is 101 Å². The first kappa shape index (κ1) is 48.1. The van der Waals surface area contributed by atoms with Gasteiger partial charge in [-0.05, 0) is 37.5 Å². The molecule has 14 nitrogen and oxygen atoms in total. The Morgan fingerprint density at radius 1 is 0.547 bits per heavy atom. The summed E-state index contributed by atoms with van der Waals surface area (Å²) in [7, 11) is 0. The van der Waals surface area contributed by atoms with Crippen molar-refractivity contribution >= 4 is 35.2 Å². The quantitative estimate of drug-likeness (QED) is 0.0465. The fourth-order valence-electron chi connectivity index (χ4n) is 6.81. The first-order chi connectivity index (χ1) is 25.6. The van der Waals surface area contributed by atoms with Gasteiger partial charge >= 0.3 is 0 Å². The Morgan fingerprint density at radius 3 is 1.62 bits per heavy atom. The summed E-state index contributed by atoms with van der Waals surface area (Å²) >= 11 is 0. The van der Waals surface area contributed by atoms with Crippen LogP contribution in [0.2, 0.25) is 0 Å². The van der Waals surface area contributed by atoms with E-state index < -0.39 is 29.6 Å². The molecule has 1 saturated carbocycles. The maximum atomic E-state index is 13.6. The number of carbonyl (C=O) groups excluding carboxylic acids is 6. The largest absolute Gasteiger partial charge is 0.356 e. The lowest BCUT2D eigenvalue weighted by Gasteiger charge is -2.28. The number of hydrogen-bond donors (Lipinski definition) is 8. The third-order valence-electron chi connectivity index (χ3n) is 10.2. The number of nitrogens with two attached hydrogens (primary N) is 2. The van der Waals surface area contributed by atoms with Crippen LogP contribution < -0.4 is 43.4 Å². The molecule has 0 aliphatic heterocycles. The minimum Gasteiger partial charge on any atom is -0.356 e. The van der Waals surface area contributed by atoms with Gasteiger partial charge in [-0.1, -0.05) is 59.3 Å². The highest BCUT2D eigenvalue weighted by Gasteiger charge is 2.31. The zero-order valence-corrected chi connectivity index (χ0v) is 33.2. The number of nitrogens with one attached hydrogen (secondary N) is 6. The number of amides is 4. The molecule has 3 unspecified atom stereocenters. The second-order valence-electron chi connectivity index (χ2n) is 14.7. The minimum absolute atomic E-state index is 0.0311. The van der Waals surface area contributed by atoms with Gasteiger partial charge in [-0.25, -0.2) is 0 Å². The van der Waals surface area contributed by atoms with E-state index in [1.165, 1.54) is 32.1 Å². The molecule has 1 fully saturated rings. The van der Waals surface area contributed by atoms with Crippen LogP contribution in [0.4, 0.5) is 0 Å². The van der Waals surface area contributed by atoms with Gasteiger partial charge in [0.1, 0.15) is 11.6 Å². The molecule has 0 aromatic rings. The number of ketones is 2. The van der Waals surface area contributed by atoms with E-state index in [9.17, 15) is 28.8 Å². The molecule has 1 aliphatic rings. The lowest BCUT2D eigenvalue weighted by Crippen LogP contribution is -2.40. The molecule has 0 radical (unpaired) electrons. The zero-order chi connectivity index (χ0) is 39.3. The van der Waals surface area contributed by atoms with E-state index in [-0.39, 0.29) is 62.0 Å². The third-order valence-corrected chi connectivity index (χ3v) is 10.2. The van der Waals surface area contributed by atoms with Gasteiger partial charge in [0.2, 0.25) is 23.6 Å². The summed E-state index contributed by atoms with van der Waals surface area (Å²) in [6.45, 7) is 10.8. The molecule has 3 atom stereocenters. The molecule has 306 valence electrons. The number of Topliss-reactive ketones (excluding diaryl/α,β-unsaturated/α-hetero) is 2. The van der Waals surface area contributed by atoms with Crippen LogP contribution in [0.3, 0.4) is 0 Å². The first-order valence-electron chi connectivity index (χ1n) is 20.5. The van der Waals surface area contributed by atoms with E-state index in [0.717, 1.165) is 31.6 Å². The molecule has 0 aromatic heterocycles. The molecule has 4 amide bonds. The monoisotopic (exact) mass is 751 g/mol. The molecular formula is C39H74N8O6. The molecular weight excluding hydrogens is 676 g/mol. The van der Waals surface area contributed by atoms with E-state index in [1.54, 1.807) is 0 Å². The maximum Gasteiger partial charge on any atom is 0.224 e. The average molecular weight is 751 g/mol. The average Bonchev–Trinajstić information content (AvgIpc) is 3.14. The highest BCUT2D eigenvalue weighted by atomic mass is 16.2. The Balaban J connectivity index is 2.91. The van der Waals surface area contributed by atoms with Crippen LogP contribution in [0.5, 0.6) is 0 Å². The molecule has 0 heterocycles. The van der Waals surface area contributed by atoms with Crippen molar-refractivity contribution in [2.45, 2.75) is 117 Å². The van der Waals surface area contributed by atoms with Crippen molar-refractivity contribution in [3.63, 3.8) is 0 Å². The Hall–Kier alpha value is -2.94. The van der Waals surface area contributed by atoms with Gasteiger partial charge in [0.05, 0.1) is 11.8 Å². The maximum absolute atomic E-state index is 13.6. The molecule has 53 heavy (non-hydrogen) atoms. The molecule has 0 spiro atoms. The molecule has 1 rings (SSSR count). The standard InChI is InChI=1S/C39H74N8O6/c1-4-7-9-29-10-12-30(13-11-29)28-47-37(51)26-31(6-3)35(49)25-32(38(52)46-22-20-43-18-15-41)23-34(48)24-33(39(53)45-16-8-5-2)27-36(50)44-21-19-42-17-14-40/h29-33,42-43H,4-28,40-41H2,1-3H3,(H,44,50)(H,45,53)(H,46,52)(H,47,51). The van der Waals surface area contributed by atoms with Crippen molar-refractivity contribution < 1.29 is 28.8 Å². The van der Waals surface area contributed by atoms with E-state index in [2.05, 4.69) is 38.8 Å². The minimum atomic E-state index is -0.976. The lowest BCUT2D eigenvalue weighted by atomic mass is 9.80. The van der Waals surface area contributed by atoms with Gasteiger partial charge in [-0.2, -0.15) is 0 Å². The van der Waals surface area contributed by atoms with Gasteiger partial charge < -0.3 is 43.4 Å². The summed E-state index contributed by atoms with van der Waals surface area (Å²) < 4.78 is 0. The van der Waals surface area contributed by atoms with Crippen LogP contribution in [0.1, 0.15) is 117 Å². The number of unbranched alkanes of at least 4 members (excludes halogenated alkanes) is 2. The summed E-state index contributed by atoms with van der Waals surface area (Å²) in [5.74, 6) is -3.25. The second kappa shape index (κ2) is 30.4.